The average Bonchev–Trinajstić information content (AvgIpc) is 2.81. The second kappa shape index (κ2) is 7.04. The van der Waals surface area contributed by atoms with Gasteiger partial charge >= 0.3 is 5.97 Å². The summed E-state index contributed by atoms with van der Waals surface area (Å²) in [4.78, 5) is 19.3. The Morgan fingerprint density at radius 3 is 2.80 bits per heavy atom. The third-order valence-electron chi connectivity index (χ3n) is 3.63. The molecule has 1 aliphatic heterocycles. The first-order chi connectivity index (χ1) is 9.63. The van der Waals surface area contributed by atoms with Crippen LogP contribution in [-0.4, -0.2) is 48.6 Å². The molecule has 0 radical (unpaired) electrons. The van der Waals surface area contributed by atoms with E-state index in [4.69, 9.17) is 4.74 Å². The summed E-state index contributed by atoms with van der Waals surface area (Å²) in [6, 6.07) is 0.458. The van der Waals surface area contributed by atoms with E-state index in [0.29, 0.717) is 11.7 Å². The number of hydrogen-bond donors (Lipinski definition) is 1. The highest BCUT2D eigenvalue weighted by Gasteiger charge is 2.21. The van der Waals surface area contributed by atoms with Crippen LogP contribution in [0.1, 0.15) is 41.6 Å². The Balaban J connectivity index is 1.90. The molecule has 1 N–H and O–H groups in total. The van der Waals surface area contributed by atoms with Gasteiger partial charge in [-0.05, 0) is 32.7 Å². The van der Waals surface area contributed by atoms with E-state index in [1.807, 2.05) is 6.92 Å². The molecule has 1 aromatic rings. The Morgan fingerprint density at radius 1 is 1.50 bits per heavy atom. The Hall–Kier alpha value is -1.14. The van der Waals surface area contributed by atoms with E-state index in [1.54, 1.807) is 0 Å². The van der Waals surface area contributed by atoms with Crippen LogP contribution in [-0.2, 0) is 4.74 Å². The summed E-state index contributed by atoms with van der Waals surface area (Å²) >= 11 is 1.53. The summed E-state index contributed by atoms with van der Waals surface area (Å²) in [5, 5.41) is 4.29. The molecule has 1 aromatic heterocycles. The molecule has 1 saturated heterocycles. The number of carbonyl (C=O) groups is 1. The van der Waals surface area contributed by atoms with Crippen molar-refractivity contribution in [1.82, 2.24) is 9.88 Å². The lowest BCUT2D eigenvalue weighted by Gasteiger charge is -2.31. The molecule has 0 saturated carbocycles. The molecule has 6 heteroatoms. The largest absolute Gasteiger partial charge is 0.464 e. The highest BCUT2D eigenvalue weighted by molar-refractivity contribution is 7.15. The number of methoxy groups -OCH3 is 1. The minimum absolute atomic E-state index is 0.357. The van der Waals surface area contributed by atoms with Crippen molar-refractivity contribution in [2.24, 2.45) is 0 Å². The van der Waals surface area contributed by atoms with E-state index in [1.165, 1.54) is 31.4 Å². The number of aryl methyl sites for hydroxylation is 1. The molecule has 1 aliphatic rings. The molecule has 0 bridgehead atoms. The van der Waals surface area contributed by atoms with Gasteiger partial charge in [-0.15, -0.1) is 11.3 Å². The number of likely N-dealkylation sites (tertiary alicyclic amines) is 1. The van der Waals surface area contributed by atoms with Crippen molar-refractivity contribution in [2.45, 2.75) is 39.2 Å². The molecule has 2 heterocycles. The summed E-state index contributed by atoms with van der Waals surface area (Å²) in [7, 11) is 1.39. The number of esters is 1. The number of thiazole rings is 1. The summed E-state index contributed by atoms with van der Waals surface area (Å²) in [6.45, 7) is 7.59. The predicted molar refractivity (Wildman–Crippen MR) is 81.6 cm³/mol. The van der Waals surface area contributed by atoms with E-state index in [-0.39, 0.29) is 5.97 Å². The van der Waals surface area contributed by atoms with Gasteiger partial charge in [0.15, 0.2) is 10.8 Å². The van der Waals surface area contributed by atoms with E-state index in [2.05, 4.69) is 22.1 Å². The Labute approximate surface area is 124 Å². The molecule has 0 amide bonds. The van der Waals surface area contributed by atoms with Gasteiger partial charge in [0.1, 0.15) is 0 Å². The second-order valence-electron chi connectivity index (χ2n) is 5.18. The lowest BCUT2D eigenvalue weighted by atomic mass is 10.1. The normalized spacial score (nSPS) is 17.1. The zero-order chi connectivity index (χ0) is 14.5. The van der Waals surface area contributed by atoms with Crippen LogP contribution in [0.4, 0.5) is 5.13 Å². The first-order valence-electron chi connectivity index (χ1n) is 7.18. The predicted octanol–water partition coefficient (Wildman–Crippen LogP) is 2.52. The van der Waals surface area contributed by atoms with E-state index >= 15 is 0 Å². The smallest absolute Gasteiger partial charge is 0.357 e. The molecular formula is C14H23N3O2S. The first kappa shape index (κ1) is 15.3. The van der Waals surface area contributed by atoms with E-state index in [0.717, 1.165) is 35.9 Å². The minimum atomic E-state index is -0.357. The lowest BCUT2D eigenvalue weighted by molar-refractivity contribution is 0.0594. The van der Waals surface area contributed by atoms with E-state index < -0.39 is 0 Å². The highest BCUT2D eigenvalue weighted by Crippen LogP contribution is 2.25. The number of nitrogens with one attached hydrogen (secondary N) is 1. The topological polar surface area (TPSA) is 54.5 Å². The molecule has 5 nitrogen and oxygen atoms in total. The molecule has 0 aliphatic carbocycles. The number of anilines is 1. The summed E-state index contributed by atoms with van der Waals surface area (Å²) in [5.41, 5.74) is 0.434. The summed E-state index contributed by atoms with van der Waals surface area (Å²) in [5.74, 6) is -0.357. The maximum Gasteiger partial charge on any atom is 0.357 e. The summed E-state index contributed by atoms with van der Waals surface area (Å²) < 4.78 is 4.73. The van der Waals surface area contributed by atoms with Crippen molar-refractivity contribution in [3.05, 3.63) is 10.6 Å². The van der Waals surface area contributed by atoms with Gasteiger partial charge in [-0.1, -0.05) is 6.92 Å². The van der Waals surface area contributed by atoms with Crippen LogP contribution in [0.3, 0.4) is 0 Å². The maximum atomic E-state index is 11.5. The zero-order valence-electron chi connectivity index (χ0n) is 12.4. The van der Waals surface area contributed by atoms with E-state index in [9.17, 15) is 4.79 Å². The fraction of sp³-hybridized carbons (Fsp3) is 0.714. The van der Waals surface area contributed by atoms with Gasteiger partial charge in [0.25, 0.3) is 0 Å². The van der Waals surface area contributed by atoms with Crippen LogP contribution in [0, 0.1) is 6.92 Å². The van der Waals surface area contributed by atoms with Crippen LogP contribution in [0.25, 0.3) is 0 Å². The lowest BCUT2D eigenvalue weighted by Crippen LogP contribution is -2.39. The molecule has 0 atom stereocenters. The van der Waals surface area contributed by atoms with Crippen molar-refractivity contribution in [3.63, 3.8) is 0 Å². The van der Waals surface area contributed by atoms with Crippen LogP contribution >= 0.6 is 11.3 Å². The van der Waals surface area contributed by atoms with Gasteiger partial charge in [-0.3, -0.25) is 0 Å². The average molecular weight is 297 g/mol. The van der Waals surface area contributed by atoms with Gasteiger partial charge < -0.3 is 15.0 Å². The fourth-order valence-electron chi connectivity index (χ4n) is 2.54. The maximum absolute atomic E-state index is 11.5. The molecule has 0 spiro atoms. The van der Waals surface area contributed by atoms with Crippen molar-refractivity contribution < 1.29 is 9.53 Å². The number of aromatic nitrogens is 1. The first-order valence-corrected chi connectivity index (χ1v) is 8.00. The number of nitrogens with zero attached hydrogens (tertiary/aromatic N) is 2. The van der Waals surface area contributed by atoms with Crippen molar-refractivity contribution >= 4 is 22.4 Å². The van der Waals surface area contributed by atoms with Gasteiger partial charge in [-0.2, -0.15) is 0 Å². The Morgan fingerprint density at radius 2 is 2.20 bits per heavy atom. The minimum Gasteiger partial charge on any atom is -0.464 e. The Bertz CT molecular complexity index is 453. The highest BCUT2D eigenvalue weighted by atomic mass is 32.1. The van der Waals surface area contributed by atoms with Gasteiger partial charge in [0, 0.05) is 24.0 Å². The molecule has 0 aromatic carbocycles. The third-order valence-corrected chi connectivity index (χ3v) is 4.53. The Kier molecular flexibility index (Phi) is 5.37. The number of ether oxygens (including phenoxy) is 1. The number of rotatable bonds is 5. The number of hydrogen-bond acceptors (Lipinski definition) is 6. The SMILES string of the molecule is CCCN1CCC(Nc2nc(C(=O)OC)c(C)s2)CC1. The number of piperidine rings is 1. The molecule has 1 fully saturated rings. The monoisotopic (exact) mass is 297 g/mol. The molecule has 2 rings (SSSR count). The van der Waals surface area contributed by atoms with Crippen LogP contribution in [0.15, 0.2) is 0 Å². The zero-order valence-corrected chi connectivity index (χ0v) is 13.3. The van der Waals surface area contributed by atoms with Crippen LogP contribution in [0.5, 0.6) is 0 Å². The molecule has 0 unspecified atom stereocenters. The van der Waals surface area contributed by atoms with Gasteiger partial charge in [-0.25, -0.2) is 9.78 Å². The summed E-state index contributed by atoms with van der Waals surface area (Å²) in [6.07, 6.45) is 3.48. The standard InChI is InChI=1S/C14H23N3O2S/c1-4-7-17-8-5-11(6-9-17)15-14-16-12(10(2)20-14)13(18)19-3/h11H,4-9H2,1-3H3,(H,15,16). The van der Waals surface area contributed by atoms with Gasteiger partial charge in [0.05, 0.1) is 7.11 Å². The van der Waals surface area contributed by atoms with Crippen molar-refractivity contribution in [2.75, 3.05) is 32.1 Å². The molecule has 20 heavy (non-hydrogen) atoms. The quantitative estimate of drug-likeness (QED) is 0.846. The van der Waals surface area contributed by atoms with Crippen molar-refractivity contribution in [1.29, 1.82) is 0 Å². The third kappa shape index (κ3) is 3.70. The fourth-order valence-corrected chi connectivity index (χ4v) is 3.41. The second-order valence-corrected chi connectivity index (χ2v) is 6.38. The number of carbonyl (C=O) groups excluding carboxylic acids is 1. The van der Waals surface area contributed by atoms with Crippen molar-refractivity contribution in [3.8, 4) is 0 Å². The molecular weight excluding hydrogens is 274 g/mol. The van der Waals surface area contributed by atoms with Crippen LogP contribution < -0.4 is 5.32 Å². The molecule has 112 valence electrons. The van der Waals surface area contributed by atoms with Gasteiger partial charge in [0.2, 0.25) is 0 Å². The van der Waals surface area contributed by atoms with Crippen LogP contribution in [0.2, 0.25) is 0 Å².